The molecular formula is C21H25ClN2O4. The molecule has 2 aromatic rings. The number of nitrogens with one attached hydrogen (secondary N) is 1. The van der Waals surface area contributed by atoms with E-state index in [-0.39, 0.29) is 5.41 Å². The minimum Gasteiger partial charge on any atom is -0.490 e. The van der Waals surface area contributed by atoms with Gasteiger partial charge in [0.05, 0.1) is 13.3 Å². The Kier molecular flexibility index (Phi) is 7.70. The van der Waals surface area contributed by atoms with Gasteiger partial charge >= 0.3 is 6.09 Å². The third kappa shape index (κ3) is 6.78. The summed E-state index contributed by atoms with van der Waals surface area (Å²) in [7, 11) is 1.26. The summed E-state index contributed by atoms with van der Waals surface area (Å²) in [5.41, 5.74) is 4.20. The average molecular weight is 405 g/mol. The number of ether oxygens (including phenoxy) is 3. The number of benzene rings is 2. The molecule has 0 heterocycles. The second-order valence-corrected chi connectivity index (χ2v) is 7.45. The Balaban J connectivity index is 1.89. The molecule has 150 valence electrons. The van der Waals surface area contributed by atoms with Crippen molar-refractivity contribution in [3.05, 3.63) is 58.6 Å². The fourth-order valence-electron chi connectivity index (χ4n) is 2.31. The van der Waals surface area contributed by atoms with Crippen LogP contribution in [0.4, 0.5) is 4.79 Å². The second kappa shape index (κ2) is 9.99. The molecule has 1 amide bonds. The van der Waals surface area contributed by atoms with Crippen molar-refractivity contribution in [1.82, 2.24) is 5.43 Å². The summed E-state index contributed by atoms with van der Waals surface area (Å²) in [6, 6.07) is 13.2. The number of rotatable bonds is 7. The lowest BCUT2D eigenvalue weighted by Crippen LogP contribution is -2.17. The predicted octanol–water partition coefficient (Wildman–Crippen LogP) is 4.79. The van der Waals surface area contributed by atoms with Crippen LogP contribution in [-0.2, 0) is 10.2 Å². The van der Waals surface area contributed by atoms with Gasteiger partial charge in [0.15, 0.2) is 0 Å². The van der Waals surface area contributed by atoms with E-state index in [4.69, 9.17) is 21.1 Å². The summed E-state index contributed by atoms with van der Waals surface area (Å²) in [6.07, 6.45) is 0.774. The van der Waals surface area contributed by atoms with Crippen LogP contribution in [0.5, 0.6) is 11.5 Å². The van der Waals surface area contributed by atoms with Gasteiger partial charge in [0.25, 0.3) is 0 Å². The first-order chi connectivity index (χ1) is 13.3. The lowest BCUT2D eigenvalue weighted by Gasteiger charge is -2.19. The van der Waals surface area contributed by atoms with E-state index >= 15 is 0 Å². The van der Waals surface area contributed by atoms with Gasteiger partial charge in [-0.1, -0.05) is 44.5 Å². The molecule has 0 saturated carbocycles. The van der Waals surface area contributed by atoms with E-state index in [2.05, 4.69) is 48.2 Å². The van der Waals surface area contributed by atoms with E-state index in [9.17, 15) is 4.79 Å². The van der Waals surface area contributed by atoms with E-state index < -0.39 is 6.09 Å². The Labute approximate surface area is 170 Å². The van der Waals surface area contributed by atoms with Crippen molar-refractivity contribution in [2.75, 3.05) is 20.3 Å². The molecule has 0 radical (unpaired) electrons. The van der Waals surface area contributed by atoms with Gasteiger partial charge in [-0.15, -0.1) is 0 Å². The number of nitrogens with zero attached hydrogens (tertiary/aromatic N) is 1. The third-order valence-corrected chi connectivity index (χ3v) is 4.08. The molecule has 0 spiro atoms. The summed E-state index contributed by atoms with van der Waals surface area (Å²) in [6.45, 7) is 7.24. The highest BCUT2D eigenvalue weighted by atomic mass is 35.5. The molecule has 0 aliphatic rings. The molecule has 2 aromatic carbocycles. The zero-order valence-corrected chi connectivity index (χ0v) is 17.2. The maximum atomic E-state index is 11.1. The first-order valence-electron chi connectivity index (χ1n) is 8.82. The number of carbonyl (C=O) groups excluding carboxylic acids is 1. The van der Waals surface area contributed by atoms with E-state index in [1.54, 1.807) is 18.2 Å². The van der Waals surface area contributed by atoms with Gasteiger partial charge in [0, 0.05) is 10.6 Å². The number of hydrogen-bond acceptors (Lipinski definition) is 5. The van der Waals surface area contributed by atoms with Crippen LogP contribution in [0.15, 0.2) is 47.6 Å². The first kappa shape index (κ1) is 21.6. The molecule has 7 heteroatoms. The monoisotopic (exact) mass is 404 g/mol. The second-order valence-electron chi connectivity index (χ2n) is 7.02. The number of methoxy groups -OCH3 is 1. The third-order valence-electron chi connectivity index (χ3n) is 3.85. The highest BCUT2D eigenvalue weighted by Gasteiger charge is 2.13. The van der Waals surface area contributed by atoms with Crippen LogP contribution in [0.3, 0.4) is 0 Å². The van der Waals surface area contributed by atoms with Crippen LogP contribution in [0.2, 0.25) is 5.02 Å². The van der Waals surface area contributed by atoms with E-state index in [0.29, 0.717) is 29.5 Å². The van der Waals surface area contributed by atoms with Gasteiger partial charge in [0.2, 0.25) is 0 Å². The van der Waals surface area contributed by atoms with Gasteiger partial charge in [-0.2, -0.15) is 5.10 Å². The van der Waals surface area contributed by atoms with Gasteiger partial charge in [-0.3, -0.25) is 0 Å². The van der Waals surface area contributed by atoms with Crippen LogP contribution in [0, 0.1) is 0 Å². The standard InChI is InChI=1S/C21H25ClN2O4/c1-21(2,3)16-5-8-18(9-6-16)27-11-12-28-19-10-7-17(22)13-15(19)14-23-24-20(25)26-4/h5-10,13-14H,11-12H2,1-4H3,(H,24,25)/b23-14+. The molecule has 0 fully saturated rings. The Morgan fingerprint density at radius 3 is 2.43 bits per heavy atom. The van der Waals surface area contributed by atoms with Gasteiger partial charge in [-0.25, -0.2) is 10.2 Å². The summed E-state index contributed by atoms with van der Waals surface area (Å²) in [5.74, 6) is 1.36. The van der Waals surface area contributed by atoms with Crippen molar-refractivity contribution in [2.24, 2.45) is 5.10 Å². The largest absolute Gasteiger partial charge is 0.490 e. The van der Waals surface area contributed by atoms with Crippen molar-refractivity contribution in [3.8, 4) is 11.5 Å². The Morgan fingerprint density at radius 2 is 1.79 bits per heavy atom. The van der Waals surface area contributed by atoms with Crippen LogP contribution in [0.1, 0.15) is 31.9 Å². The fraction of sp³-hybridized carbons (Fsp3) is 0.333. The first-order valence-corrected chi connectivity index (χ1v) is 9.20. The van der Waals surface area contributed by atoms with Crippen molar-refractivity contribution in [2.45, 2.75) is 26.2 Å². The minimum atomic E-state index is -0.661. The molecule has 0 bridgehead atoms. The van der Waals surface area contributed by atoms with Gasteiger partial charge in [-0.05, 0) is 41.3 Å². The molecule has 0 unspecified atom stereocenters. The number of hydrazone groups is 1. The molecule has 6 nitrogen and oxygen atoms in total. The molecule has 0 aliphatic carbocycles. The molecule has 28 heavy (non-hydrogen) atoms. The maximum absolute atomic E-state index is 11.1. The summed E-state index contributed by atoms with van der Waals surface area (Å²) >= 11 is 6.02. The molecule has 0 aromatic heterocycles. The fourth-order valence-corrected chi connectivity index (χ4v) is 2.49. The van der Waals surface area contributed by atoms with E-state index in [0.717, 1.165) is 5.75 Å². The van der Waals surface area contributed by atoms with Crippen molar-refractivity contribution in [3.63, 3.8) is 0 Å². The number of hydrogen-bond donors (Lipinski definition) is 1. The quantitative estimate of drug-likeness (QED) is 0.409. The molecular weight excluding hydrogens is 380 g/mol. The van der Waals surface area contributed by atoms with Crippen molar-refractivity contribution >= 4 is 23.9 Å². The maximum Gasteiger partial charge on any atom is 0.427 e. The highest BCUT2D eigenvalue weighted by Crippen LogP contribution is 2.24. The predicted molar refractivity (Wildman–Crippen MR) is 111 cm³/mol. The van der Waals surface area contributed by atoms with Crippen LogP contribution < -0.4 is 14.9 Å². The molecule has 0 aliphatic heterocycles. The Hall–Kier alpha value is -2.73. The summed E-state index contributed by atoms with van der Waals surface area (Å²) in [4.78, 5) is 11.1. The molecule has 0 atom stereocenters. The SMILES string of the molecule is COC(=O)N/N=C/c1cc(Cl)ccc1OCCOc1ccc(C(C)(C)C)cc1. The normalized spacial score (nSPS) is 11.3. The molecule has 0 saturated heterocycles. The highest BCUT2D eigenvalue weighted by molar-refractivity contribution is 6.30. The lowest BCUT2D eigenvalue weighted by molar-refractivity contribution is 0.171. The molecule has 1 N–H and O–H groups in total. The molecule has 2 rings (SSSR count). The number of halogens is 1. The van der Waals surface area contributed by atoms with Crippen molar-refractivity contribution < 1.29 is 19.0 Å². The van der Waals surface area contributed by atoms with Crippen LogP contribution in [-0.4, -0.2) is 32.6 Å². The minimum absolute atomic E-state index is 0.108. The number of amides is 1. The topological polar surface area (TPSA) is 69.2 Å². The van der Waals surface area contributed by atoms with Gasteiger partial charge < -0.3 is 14.2 Å². The summed E-state index contributed by atoms with van der Waals surface area (Å²) < 4.78 is 15.9. The Morgan fingerprint density at radius 1 is 1.11 bits per heavy atom. The van der Waals surface area contributed by atoms with E-state index in [1.165, 1.54) is 18.9 Å². The smallest absolute Gasteiger partial charge is 0.427 e. The number of carbonyl (C=O) groups is 1. The van der Waals surface area contributed by atoms with Crippen molar-refractivity contribution in [1.29, 1.82) is 0 Å². The van der Waals surface area contributed by atoms with Gasteiger partial charge in [0.1, 0.15) is 24.7 Å². The zero-order chi connectivity index (χ0) is 20.6. The van der Waals surface area contributed by atoms with Crippen LogP contribution in [0.25, 0.3) is 0 Å². The van der Waals surface area contributed by atoms with Crippen LogP contribution >= 0.6 is 11.6 Å². The summed E-state index contributed by atoms with van der Waals surface area (Å²) in [5, 5.41) is 4.33. The van der Waals surface area contributed by atoms with E-state index in [1.807, 2.05) is 12.1 Å². The Bertz CT molecular complexity index is 814. The average Bonchev–Trinajstić information content (AvgIpc) is 2.66. The lowest BCUT2D eigenvalue weighted by atomic mass is 9.87. The zero-order valence-electron chi connectivity index (χ0n) is 16.5.